The van der Waals surface area contributed by atoms with E-state index in [1.165, 1.54) is 0 Å². The molecule has 0 aromatic heterocycles. The predicted molar refractivity (Wildman–Crippen MR) is 104 cm³/mol. The third-order valence-electron chi connectivity index (χ3n) is 3.50. The predicted octanol–water partition coefficient (Wildman–Crippen LogP) is 5.77. The van der Waals surface area contributed by atoms with Crippen molar-refractivity contribution in [2.45, 2.75) is 6.61 Å². The summed E-state index contributed by atoms with van der Waals surface area (Å²) in [7, 11) is 0. The quantitative estimate of drug-likeness (QED) is 0.493. The SMILES string of the molecule is O=C(OCc1ccccc1)N(c1ccccc1)c1ccccc1I. The molecule has 0 saturated carbocycles. The summed E-state index contributed by atoms with van der Waals surface area (Å²) in [5.74, 6) is 0. The molecular formula is C20H16INO2. The molecule has 0 atom stereocenters. The van der Waals surface area contributed by atoms with Gasteiger partial charge in [-0.1, -0.05) is 60.7 Å². The van der Waals surface area contributed by atoms with E-state index in [0.717, 1.165) is 20.5 Å². The lowest BCUT2D eigenvalue weighted by Crippen LogP contribution is -2.27. The summed E-state index contributed by atoms with van der Waals surface area (Å²) in [5.41, 5.74) is 2.55. The second-order valence-electron chi connectivity index (χ2n) is 5.16. The van der Waals surface area contributed by atoms with Gasteiger partial charge in [-0.25, -0.2) is 9.69 Å². The fourth-order valence-electron chi connectivity index (χ4n) is 2.34. The Hall–Kier alpha value is -2.34. The van der Waals surface area contributed by atoms with Gasteiger partial charge in [0, 0.05) is 3.57 Å². The summed E-state index contributed by atoms with van der Waals surface area (Å²) in [6.45, 7) is 0.242. The lowest BCUT2D eigenvalue weighted by molar-refractivity contribution is 0.150. The number of rotatable bonds is 4. The number of anilines is 2. The Morgan fingerprint density at radius 2 is 1.42 bits per heavy atom. The highest BCUT2D eigenvalue weighted by Gasteiger charge is 2.21. The van der Waals surface area contributed by atoms with Crippen LogP contribution in [-0.4, -0.2) is 6.09 Å². The van der Waals surface area contributed by atoms with Gasteiger partial charge in [-0.05, 0) is 52.4 Å². The smallest absolute Gasteiger partial charge is 0.419 e. The zero-order valence-electron chi connectivity index (χ0n) is 12.9. The standard InChI is InChI=1S/C20H16INO2/c21-18-13-7-8-14-19(18)22(17-11-5-2-6-12-17)20(23)24-15-16-9-3-1-4-10-16/h1-14H,15H2. The molecule has 3 aromatic rings. The summed E-state index contributed by atoms with van der Waals surface area (Å²) < 4.78 is 6.52. The zero-order chi connectivity index (χ0) is 16.8. The molecule has 4 heteroatoms. The van der Waals surface area contributed by atoms with E-state index in [-0.39, 0.29) is 6.61 Å². The molecule has 3 nitrogen and oxygen atoms in total. The van der Waals surface area contributed by atoms with Crippen molar-refractivity contribution in [3.8, 4) is 0 Å². The molecule has 0 unspecified atom stereocenters. The highest BCUT2D eigenvalue weighted by atomic mass is 127. The third kappa shape index (κ3) is 3.94. The van der Waals surface area contributed by atoms with Gasteiger partial charge in [0.25, 0.3) is 0 Å². The molecule has 0 aliphatic carbocycles. The van der Waals surface area contributed by atoms with Gasteiger partial charge in [-0.15, -0.1) is 0 Å². The lowest BCUT2D eigenvalue weighted by atomic mass is 10.2. The number of ether oxygens (including phenoxy) is 1. The van der Waals surface area contributed by atoms with E-state index in [4.69, 9.17) is 4.74 Å². The summed E-state index contributed by atoms with van der Waals surface area (Å²) in [6, 6.07) is 26.9. The molecule has 0 radical (unpaired) electrons. The first-order valence-corrected chi connectivity index (χ1v) is 8.64. The molecule has 0 saturated heterocycles. The molecule has 0 N–H and O–H groups in total. The molecule has 1 amide bonds. The van der Waals surface area contributed by atoms with Crippen LogP contribution in [0.4, 0.5) is 16.2 Å². The van der Waals surface area contributed by atoms with Crippen LogP contribution in [0, 0.1) is 3.57 Å². The Morgan fingerprint density at radius 1 is 0.833 bits per heavy atom. The van der Waals surface area contributed by atoms with Crippen molar-refractivity contribution in [1.82, 2.24) is 0 Å². The number of nitrogens with zero attached hydrogens (tertiary/aromatic N) is 1. The fourth-order valence-corrected chi connectivity index (χ4v) is 2.97. The number of hydrogen-bond donors (Lipinski definition) is 0. The second-order valence-corrected chi connectivity index (χ2v) is 6.32. The van der Waals surface area contributed by atoms with E-state index in [0.29, 0.717) is 0 Å². The van der Waals surface area contributed by atoms with Crippen LogP contribution in [0.5, 0.6) is 0 Å². The number of amides is 1. The maximum Gasteiger partial charge on any atom is 0.419 e. The van der Waals surface area contributed by atoms with E-state index >= 15 is 0 Å². The van der Waals surface area contributed by atoms with Crippen LogP contribution in [0.1, 0.15) is 5.56 Å². The molecule has 0 aliphatic rings. The molecule has 0 aliphatic heterocycles. The van der Waals surface area contributed by atoms with Gasteiger partial charge in [0.2, 0.25) is 0 Å². The first kappa shape index (κ1) is 16.5. The highest BCUT2D eigenvalue weighted by Crippen LogP contribution is 2.30. The number of hydrogen-bond acceptors (Lipinski definition) is 2. The zero-order valence-corrected chi connectivity index (χ0v) is 15.1. The van der Waals surface area contributed by atoms with Crippen molar-refractivity contribution in [1.29, 1.82) is 0 Å². The van der Waals surface area contributed by atoms with Gasteiger partial charge in [-0.2, -0.15) is 0 Å². The summed E-state index contributed by atoms with van der Waals surface area (Å²) in [4.78, 5) is 14.4. The van der Waals surface area contributed by atoms with Gasteiger partial charge in [0.05, 0.1) is 11.4 Å². The van der Waals surface area contributed by atoms with Gasteiger partial charge in [0.1, 0.15) is 6.61 Å². The monoisotopic (exact) mass is 429 g/mol. The topological polar surface area (TPSA) is 29.5 Å². The van der Waals surface area contributed by atoms with Gasteiger partial charge >= 0.3 is 6.09 Å². The molecule has 24 heavy (non-hydrogen) atoms. The average Bonchev–Trinajstić information content (AvgIpc) is 2.64. The van der Waals surface area contributed by atoms with Crippen LogP contribution in [0.15, 0.2) is 84.9 Å². The van der Waals surface area contributed by atoms with E-state index in [1.807, 2.05) is 84.9 Å². The largest absolute Gasteiger partial charge is 0.444 e. The normalized spacial score (nSPS) is 10.2. The average molecular weight is 429 g/mol. The summed E-state index contributed by atoms with van der Waals surface area (Å²) >= 11 is 2.23. The lowest BCUT2D eigenvalue weighted by Gasteiger charge is -2.23. The minimum Gasteiger partial charge on any atom is -0.444 e. The van der Waals surface area contributed by atoms with Gasteiger partial charge < -0.3 is 4.74 Å². The first-order valence-electron chi connectivity index (χ1n) is 7.56. The van der Waals surface area contributed by atoms with E-state index in [1.54, 1.807) is 4.90 Å². The fraction of sp³-hybridized carbons (Fsp3) is 0.0500. The van der Waals surface area contributed by atoms with Crippen LogP contribution < -0.4 is 4.90 Å². The van der Waals surface area contributed by atoms with Crippen molar-refractivity contribution < 1.29 is 9.53 Å². The summed E-state index contributed by atoms with van der Waals surface area (Å²) in [6.07, 6.45) is -0.394. The van der Waals surface area contributed by atoms with Gasteiger partial charge in [-0.3, -0.25) is 0 Å². The van der Waals surface area contributed by atoms with Gasteiger partial charge in [0.15, 0.2) is 0 Å². The van der Waals surface area contributed by atoms with Crippen molar-refractivity contribution in [3.05, 3.63) is 94.1 Å². The number of para-hydroxylation sites is 2. The Balaban J connectivity index is 1.87. The van der Waals surface area contributed by atoms with Crippen LogP contribution in [0.2, 0.25) is 0 Å². The minimum atomic E-state index is -0.394. The van der Waals surface area contributed by atoms with Crippen molar-refractivity contribution in [2.75, 3.05) is 4.90 Å². The molecule has 0 fully saturated rings. The molecule has 3 rings (SSSR count). The molecule has 0 heterocycles. The Labute approximate surface area is 155 Å². The van der Waals surface area contributed by atoms with E-state index in [9.17, 15) is 4.79 Å². The Morgan fingerprint density at radius 3 is 2.08 bits per heavy atom. The third-order valence-corrected chi connectivity index (χ3v) is 4.41. The summed E-state index contributed by atoms with van der Waals surface area (Å²) in [5, 5.41) is 0. The second kappa shape index (κ2) is 7.97. The number of benzene rings is 3. The molecule has 0 spiro atoms. The van der Waals surface area contributed by atoms with Crippen molar-refractivity contribution in [2.24, 2.45) is 0 Å². The van der Waals surface area contributed by atoms with E-state index < -0.39 is 6.09 Å². The maximum absolute atomic E-state index is 12.8. The number of carbonyl (C=O) groups is 1. The Bertz CT molecular complexity index is 806. The minimum absolute atomic E-state index is 0.242. The molecular weight excluding hydrogens is 413 g/mol. The maximum atomic E-state index is 12.8. The molecule has 3 aromatic carbocycles. The van der Waals surface area contributed by atoms with Crippen molar-refractivity contribution in [3.63, 3.8) is 0 Å². The molecule has 0 bridgehead atoms. The van der Waals surface area contributed by atoms with E-state index in [2.05, 4.69) is 22.6 Å². The Kier molecular flexibility index (Phi) is 5.48. The first-order chi connectivity index (χ1) is 11.8. The molecule has 120 valence electrons. The van der Waals surface area contributed by atoms with Crippen LogP contribution >= 0.6 is 22.6 Å². The van der Waals surface area contributed by atoms with Crippen LogP contribution in [-0.2, 0) is 11.3 Å². The number of halogens is 1. The van der Waals surface area contributed by atoms with Crippen LogP contribution in [0.3, 0.4) is 0 Å². The highest BCUT2D eigenvalue weighted by molar-refractivity contribution is 14.1. The van der Waals surface area contributed by atoms with Crippen molar-refractivity contribution >= 4 is 40.1 Å². The van der Waals surface area contributed by atoms with Crippen LogP contribution in [0.25, 0.3) is 0 Å². The number of carbonyl (C=O) groups excluding carboxylic acids is 1.